The minimum atomic E-state index is -0.0915. The lowest BCUT2D eigenvalue weighted by Gasteiger charge is -2.36. The van der Waals surface area contributed by atoms with Gasteiger partial charge in [0.1, 0.15) is 5.82 Å². The number of piperazine rings is 1. The van der Waals surface area contributed by atoms with Gasteiger partial charge in [-0.3, -0.25) is 4.79 Å². The lowest BCUT2D eigenvalue weighted by atomic mass is 10.2. The number of amides is 1. The molecule has 1 aliphatic heterocycles. The van der Waals surface area contributed by atoms with Crippen LogP contribution in [0.5, 0.6) is 0 Å². The summed E-state index contributed by atoms with van der Waals surface area (Å²) < 4.78 is 0. The Morgan fingerprint density at radius 1 is 1.00 bits per heavy atom. The first kappa shape index (κ1) is 21.9. The highest BCUT2D eigenvalue weighted by atomic mass is 32.2. The molecule has 1 saturated heterocycles. The summed E-state index contributed by atoms with van der Waals surface area (Å²) in [5.41, 5.74) is 7.97. The molecule has 0 saturated carbocycles. The molecule has 0 spiro atoms. The summed E-state index contributed by atoms with van der Waals surface area (Å²) >= 11 is 1.51. The maximum Gasteiger partial charge on any atom is 0.232 e. The number of hydrogen-bond acceptors (Lipinski definition) is 8. The van der Waals surface area contributed by atoms with Gasteiger partial charge in [-0.1, -0.05) is 36.4 Å². The third kappa shape index (κ3) is 5.67. The number of hydrogen-bond donors (Lipinski definition) is 2. The topological polar surface area (TPSA) is 100 Å². The fourth-order valence-electron chi connectivity index (χ4n) is 3.51. The first-order valence-corrected chi connectivity index (χ1v) is 11.7. The van der Waals surface area contributed by atoms with Crippen LogP contribution in [0.25, 0.3) is 0 Å². The maximum atomic E-state index is 12.7. The van der Waals surface area contributed by atoms with Gasteiger partial charge in [0.15, 0.2) is 0 Å². The first-order chi connectivity index (χ1) is 15.6. The van der Waals surface area contributed by atoms with Gasteiger partial charge in [0.25, 0.3) is 0 Å². The summed E-state index contributed by atoms with van der Waals surface area (Å²) in [4.78, 5) is 29.9. The molecular formula is C23H27N7OS. The van der Waals surface area contributed by atoms with Gasteiger partial charge >= 0.3 is 0 Å². The summed E-state index contributed by atoms with van der Waals surface area (Å²) in [7, 11) is 0. The highest BCUT2D eigenvalue weighted by molar-refractivity contribution is 8.00. The van der Waals surface area contributed by atoms with E-state index >= 15 is 0 Å². The number of para-hydroxylation sites is 2. The number of rotatable bonds is 7. The Morgan fingerprint density at radius 3 is 2.34 bits per heavy atom. The molecule has 4 rings (SSSR count). The van der Waals surface area contributed by atoms with Crippen molar-refractivity contribution in [3.05, 3.63) is 66.5 Å². The van der Waals surface area contributed by atoms with Crippen LogP contribution in [0.1, 0.15) is 18.0 Å². The van der Waals surface area contributed by atoms with E-state index in [4.69, 9.17) is 5.73 Å². The first-order valence-electron chi connectivity index (χ1n) is 10.6. The van der Waals surface area contributed by atoms with E-state index in [2.05, 4.69) is 37.3 Å². The van der Waals surface area contributed by atoms with Crippen LogP contribution in [-0.4, -0.2) is 57.7 Å². The van der Waals surface area contributed by atoms with Crippen LogP contribution in [0.4, 0.5) is 23.3 Å². The van der Waals surface area contributed by atoms with Crippen LogP contribution in [-0.2, 0) is 4.79 Å². The van der Waals surface area contributed by atoms with Crippen LogP contribution >= 0.6 is 11.8 Å². The SMILES string of the molecule is CC(SCC(=O)N1CCN(c2ccccc2)CC1)c1nc(N)nc(Nc2ccccc2)n1. The monoisotopic (exact) mass is 449 g/mol. The fourth-order valence-corrected chi connectivity index (χ4v) is 4.34. The van der Waals surface area contributed by atoms with Crippen molar-refractivity contribution < 1.29 is 4.79 Å². The molecule has 0 aliphatic carbocycles. The van der Waals surface area contributed by atoms with Gasteiger partial charge < -0.3 is 20.9 Å². The molecule has 0 radical (unpaired) electrons. The molecule has 1 aliphatic rings. The van der Waals surface area contributed by atoms with E-state index in [9.17, 15) is 4.79 Å². The summed E-state index contributed by atoms with van der Waals surface area (Å²) in [6.45, 7) is 5.12. The molecule has 3 N–H and O–H groups in total. The van der Waals surface area contributed by atoms with Crippen molar-refractivity contribution in [1.82, 2.24) is 19.9 Å². The van der Waals surface area contributed by atoms with Gasteiger partial charge in [-0.15, -0.1) is 11.8 Å². The quantitative estimate of drug-likeness (QED) is 0.566. The lowest BCUT2D eigenvalue weighted by molar-refractivity contribution is -0.128. The molecule has 1 amide bonds. The second kappa shape index (κ2) is 10.3. The van der Waals surface area contributed by atoms with Gasteiger partial charge in [0.05, 0.1) is 11.0 Å². The molecule has 1 aromatic heterocycles. The molecule has 9 heteroatoms. The van der Waals surface area contributed by atoms with Crippen molar-refractivity contribution in [1.29, 1.82) is 0 Å². The number of carbonyl (C=O) groups excluding carboxylic acids is 1. The Hall–Kier alpha value is -3.33. The zero-order valence-corrected chi connectivity index (χ0v) is 18.8. The molecule has 2 heterocycles. The van der Waals surface area contributed by atoms with Crippen molar-refractivity contribution in [2.75, 3.05) is 47.9 Å². The number of nitrogens with two attached hydrogens (primary N) is 1. The largest absolute Gasteiger partial charge is 0.368 e. The molecule has 3 aromatic rings. The average molecular weight is 450 g/mol. The fraction of sp³-hybridized carbons (Fsp3) is 0.304. The van der Waals surface area contributed by atoms with E-state index in [0.29, 0.717) is 17.5 Å². The van der Waals surface area contributed by atoms with E-state index in [1.54, 1.807) is 0 Å². The van der Waals surface area contributed by atoms with Crippen molar-refractivity contribution in [2.24, 2.45) is 0 Å². The van der Waals surface area contributed by atoms with Crippen molar-refractivity contribution >= 4 is 40.9 Å². The third-order valence-electron chi connectivity index (χ3n) is 5.27. The number of aromatic nitrogens is 3. The van der Waals surface area contributed by atoms with Crippen molar-refractivity contribution in [2.45, 2.75) is 12.2 Å². The molecule has 2 aromatic carbocycles. The number of thioether (sulfide) groups is 1. The van der Waals surface area contributed by atoms with E-state index in [-0.39, 0.29) is 17.1 Å². The molecule has 1 fully saturated rings. The van der Waals surface area contributed by atoms with Crippen LogP contribution in [0.15, 0.2) is 60.7 Å². The number of nitrogens with one attached hydrogen (secondary N) is 1. The predicted octanol–water partition coefficient (Wildman–Crippen LogP) is 3.34. The van der Waals surface area contributed by atoms with Crippen molar-refractivity contribution in [3.63, 3.8) is 0 Å². The van der Waals surface area contributed by atoms with Crippen LogP contribution in [0, 0.1) is 0 Å². The highest BCUT2D eigenvalue weighted by Crippen LogP contribution is 2.27. The zero-order valence-electron chi connectivity index (χ0n) is 18.0. The van der Waals surface area contributed by atoms with Gasteiger partial charge in [-0.25, -0.2) is 0 Å². The van der Waals surface area contributed by atoms with Gasteiger partial charge in [-0.05, 0) is 31.2 Å². The summed E-state index contributed by atoms with van der Waals surface area (Å²) in [5, 5.41) is 3.05. The van der Waals surface area contributed by atoms with Gasteiger partial charge in [-0.2, -0.15) is 15.0 Å². The third-order valence-corrected chi connectivity index (χ3v) is 6.40. The normalized spacial score (nSPS) is 14.8. The second-order valence-electron chi connectivity index (χ2n) is 7.52. The van der Waals surface area contributed by atoms with Gasteiger partial charge in [0.2, 0.25) is 17.8 Å². The van der Waals surface area contributed by atoms with Gasteiger partial charge in [0, 0.05) is 37.6 Å². The number of benzene rings is 2. The molecule has 0 bridgehead atoms. The maximum absolute atomic E-state index is 12.7. The number of carbonyl (C=O) groups is 1. The molecule has 1 atom stereocenters. The molecule has 166 valence electrons. The summed E-state index contributed by atoms with van der Waals surface area (Å²) in [6.07, 6.45) is 0. The van der Waals surface area contributed by atoms with E-state index in [0.717, 1.165) is 31.9 Å². The highest BCUT2D eigenvalue weighted by Gasteiger charge is 2.22. The second-order valence-corrected chi connectivity index (χ2v) is 8.85. The van der Waals surface area contributed by atoms with E-state index < -0.39 is 0 Å². The Morgan fingerprint density at radius 2 is 1.66 bits per heavy atom. The Bertz CT molecular complexity index is 1030. The van der Waals surface area contributed by atoms with Crippen LogP contribution in [0.2, 0.25) is 0 Å². The molecule has 32 heavy (non-hydrogen) atoms. The zero-order chi connectivity index (χ0) is 22.3. The smallest absolute Gasteiger partial charge is 0.232 e. The molecular weight excluding hydrogens is 422 g/mol. The summed E-state index contributed by atoms with van der Waals surface area (Å²) in [5.74, 6) is 1.63. The van der Waals surface area contributed by atoms with Crippen molar-refractivity contribution in [3.8, 4) is 0 Å². The molecule has 1 unspecified atom stereocenters. The minimum Gasteiger partial charge on any atom is -0.368 e. The number of nitrogen functional groups attached to an aromatic ring is 1. The van der Waals surface area contributed by atoms with E-state index in [1.807, 2.05) is 60.4 Å². The Labute approximate surface area is 192 Å². The van der Waals surface area contributed by atoms with Crippen LogP contribution in [0.3, 0.4) is 0 Å². The average Bonchev–Trinajstić information content (AvgIpc) is 2.83. The Balaban J connectivity index is 1.30. The van der Waals surface area contributed by atoms with E-state index in [1.165, 1.54) is 17.4 Å². The summed E-state index contributed by atoms with van der Waals surface area (Å²) in [6, 6.07) is 20.0. The lowest BCUT2D eigenvalue weighted by Crippen LogP contribution is -2.49. The Kier molecular flexibility index (Phi) is 7.06. The van der Waals surface area contributed by atoms with Crippen LogP contribution < -0.4 is 16.0 Å². The number of anilines is 4. The molecule has 8 nitrogen and oxygen atoms in total. The standard InChI is InChI=1S/C23H27N7OS/c1-17(21-26-22(24)28-23(27-21)25-18-8-4-2-5-9-18)32-16-20(31)30-14-12-29(13-15-30)19-10-6-3-7-11-19/h2-11,17H,12-16H2,1H3,(H3,24,25,26,27,28). The predicted molar refractivity (Wildman–Crippen MR) is 130 cm³/mol. The minimum absolute atomic E-state index is 0.0915. The number of nitrogens with zero attached hydrogens (tertiary/aromatic N) is 5.